The molecule has 0 bridgehead atoms. The summed E-state index contributed by atoms with van der Waals surface area (Å²) >= 11 is 0. The monoisotopic (exact) mass is 251 g/mol. The van der Waals surface area contributed by atoms with Gasteiger partial charge in [-0.3, -0.25) is 4.68 Å². The van der Waals surface area contributed by atoms with E-state index in [0.29, 0.717) is 6.04 Å². The summed E-state index contributed by atoms with van der Waals surface area (Å²) < 4.78 is 2.20. The Morgan fingerprint density at radius 2 is 2.06 bits per heavy atom. The lowest BCUT2D eigenvalue weighted by Crippen LogP contribution is -2.29. The molecule has 1 N–H and O–H groups in total. The van der Waals surface area contributed by atoms with Crippen molar-refractivity contribution in [3.05, 3.63) is 30.0 Å². The third-order valence-electron chi connectivity index (χ3n) is 3.41. The predicted molar refractivity (Wildman–Crippen MR) is 72.9 cm³/mol. The highest BCUT2D eigenvalue weighted by molar-refractivity contribution is 5.85. The molecule has 0 saturated carbocycles. The first kappa shape index (κ1) is 12.4. The van der Waals surface area contributed by atoms with Gasteiger partial charge in [-0.15, -0.1) is 12.4 Å². The molecule has 1 saturated heterocycles. The number of rotatable bonds is 1. The summed E-state index contributed by atoms with van der Waals surface area (Å²) in [6, 6.07) is 7.14. The van der Waals surface area contributed by atoms with Gasteiger partial charge in [-0.05, 0) is 45.0 Å². The Labute approximate surface area is 108 Å². The van der Waals surface area contributed by atoms with Crippen LogP contribution >= 0.6 is 12.4 Å². The first-order valence-electron chi connectivity index (χ1n) is 5.99. The largest absolute Gasteiger partial charge is 0.317 e. The lowest BCUT2D eigenvalue weighted by atomic mass is 10.1. The van der Waals surface area contributed by atoms with E-state index in [1.165, 1.54) is 29.3 Å². The minimum atomic E-state index is 0. The van der Waals surface area contributed by atoms with Crippen molar-refractivity contribution in [2.24, 2.45) is 0 Å². The number of aryl methyl sites for hydroxylation is 1. The van der Waals surface area contributed by atoms with Gasteiger partial charge in [-0.25, -0.2) is 0 Å². The van der Waals surface area contributed by atoms with Gasteiger partial charge in [0.2, 0.25) is 0 Å². The van der Waals surface area contributed by atoms with Gasteiger partial charge in [0.1, 0.15) is 0 Å². The van der Waals surface area contributed by atoms with Crippen molar-refractivity contribution in [2.45, 2.75) is 25.8 Å². The zero-order chi connectivity index (χ0) is 11.0. The summed E-state index contributed by atoms with van der Waals surface area (Å²) in [7, 11) is 0. The van der Waals surface area contributed by atoms with Crippen LogP contribution in [0.5, 0.6) is 0 Å². The highest BCUT2D eigenvalue weighted by Gasteiger charge is 2.17. The molecule has 3 rings (SSSR count). The molecule has 3 nitrogen and oxygen atoms in total. The Kier molecular flexibility index (Phi) is 3.69. The third kappa shape index (κ3) is 2.31. The van der Waals surface area contributed by atoms with Gasteiger partial charge in [0.15, 0.2) is 0 Å². The molecule has 0 unspecified atom stereocenters. The maximum atomic E-state index is 4.55. The number of fused-ring (bicyclic) bond motifs is 1. The van der Waals surface area contributed by atoms with Crippen molar-refractivity contribution in [1.29, 1.82) is 0 Å². The number of hydrogen-bond acceptors (Lipinski definition) is 2. The third-order valence-corrected chi connectivity index (χ3v) is 3.41. The number of piperidine rings is 1. The van der Waals surface area contributed by atoms with Gasteiger partial charge in [-0.1, -0.05) is 11.6 Å². The Morgan fingerprint density at radius 3 is 2.82 bits per heavy atom. The summed E-state index contributed by atoms with van der Waals surface area (Å²) in [5.74, 6) is 0. The molecule has 0 atom stereocenters. The molecule has 0 aliphatic carbocycles. The molecule has 1 fully saturated rings. The van der Waals surface area contributed by atoms with Crippen LogP contribution in [0.3, 0.4) is 0 Å². The number of nitrogens with one attached hydrogen (secondary N) is 1. The summed E-state index contributed by atoms with van der Waals surface area (Å²) in [6.45, 7) is 4.34. The smallest absolute Gasteiger partial charge is 0.0685 e. The number of benzene rings is 1. The average Bonchev–Trinajstić information content (AvgIpc) is 2.73. The zero-order valence-corrected chi connectivity index (χ0v) is 10.8. The quantitative estimate of drug-likeness (QED) is 0.845. The molecule has 0 amide bonds. The number of hydrogen-bond donors (Lipinski definition) is 1. The molecular weight excluding hydrogens is 234 g/mol. The Morgan fingerprint density at radius 1 is 1.29 bits per heavy atom. The lowest BCUT2D eigenvalue weighted by Gasteiger charge is -2.23. The van der Waals surface area contributed by atoms with Gasteiger partial charge < -0.3 is 5.32 Å². The van der Waals surface area contributed by atoms with Crippen LogP contribution < -0.4 is 5.32 Å². The molecule has 1 aromatic heterocycles. The summed E-state index contributed by atoms with van der Waals surface area (Å²) in [5, 5.41) is 9.20. The molecule has 4 heteroatoms. The molecule has 92 valence electrons. The zero-order valence-electron chi connectivity index (χ0n) is 10.0. The van der Waals surface area contributed by atoms with Gasteiger partial charge in [-0.2, -0.15) is 5.10 Å². The first-order valence-corrected chi connectivity index (χ1v) is 5.99. The molecule has 2 heterocycles. The normalized spacial score (nSPS) is 17.0. The van der Waals surface area contributed by atoms with Crippen molar-refractivity contribution in [3.8, 4) is 0 Å². The van der Waals surface area contributed by atoms with Crippen LogP contribution in [0.2, 0.25) is 0 Å². The van der Waals surface area contributed by atoms with Crippen molar-refractivity contribution in [2.75, 3.05) is 13.1 Å². The Hall–Kier alpha value is -1.06. The van der Waals surface area contributed by atoms with Crippen molar-refractivity contribution in [3.63, 3.8) is 0 Å². The molecule has 1 aromatic carbocycles. The van der Waals surface area contributed by atoms with E-state index >= 15 is 0 Å². The summed E-state index contributed by atoms with van der Waals surface area (Å²) in [4.78, 5) is 0. The number of halogens is 1. The standard InChI is InChI=1S/C13H17N3.ClH/c1-10-2-3-13-11(8-10)9-15-16(13)12-4-6-14-7-5-12;/h2-3,8-9,12,14H,4-7H2,1H3;1H. The summed E-state index contributed by atoms with van der Waals surface area (Å²) in [6.07, 6.45) is 4.36. The molecule has 1 aliphatic heterocycles. The van der Waals surface area contributed by atoms with Gasteiger partial charge in [0, 0.05) is 5.39 Å². The Balaban J connectivity index is 0.00000108. The van der Waals surface area contributed by atoms with Gasteiger partial charge in [0.05, 0.1) is 17.8 Å². The molecule has 0 spiro atoms. The van der Waals surface area contributed by atoms with E-state index in [9.17, 15) is 0 Å². The second kappa shape index (κ2) is 5.07. The SMILES string of the molecule is Cc1ccc2c(cnn2C2CCNCC2)c1.Cl. The van der Waals surface area contributed by atoms with E-state index < -0.39 is 0 Å². The van der Waals surface area contributed by atoms with E-state index in [1.807, 2.05) is 6.20 Å². The molecule has 1 aliphatic rings. The molecule has 0 radical (unpaired) electrons. The number of nitrogens with zero attached hydrogens (tertiary/aromatic N) is 2. The van der Waals surface area contributed by atoms with Crippen molar-refractivity contribution < 1.29 is 0 Å². The maximum Gasteiger partial charge on any atom is 0.0685 e. The Bertz CT molecular complexity index is 500. The second-order valence-corrected chi connectivity index (χ2v) is 4.63. The minimum absolute atomic E-state index is 0. The van der Waals surface area contributed by atoms with E-state index in [-0.39, 0.29) is 12.4 Å². The second-order valence-electron chi connectivity index (χ2n) is 4.63. The fourth-order valence-electron chi connectivity index (χ4n) is 2.51. The van der Waals surface area contributed by atoms with Gasteiger partial charge >= 0.3 is 0 Å². The minimum Gasteiger partial charge on any atom is -0.317 e. The van der Waals surface area contributed by atoms with Crippen LogP contribution in [0.15, 0.2) is 24.4 Å². The summed E-state index contributed by atoms with van der Waals surface area (Å²) in [5.41, 5.74) is 2.58. The molecular formula is C13H18ClN3. The lowest BCUT2D eigenvalue weighted by molar-refractivity contribution is 0.351. The average molecular weight is 252 g/mol. The highest BCUT2D eigenvalue weighted by Crippen LogP contribution is 2.24. The van der Waals surface area contributed by atoms with E-state index in [1.54, 1.807) is 0 Å². The van der Waals surface area contributed by atoms with Crippen LogP contribution in [-0.4, -0.2) is 22.9 Å². The van der Waals surface area contributed by atoms with Crippen molar-refractivity contribution in [1.82, 2.24) is 15.1 Å². The predicted octanol–water partition coefficient (Wildman–Crippen LogP) is 2.69. The van der Waals surface area contributed by atoms with E-state index in [4.69, 9.17) is 0 Å². The first-order chi connectivity index (χ1) is 7.84. The van der Waals surface area contributed by atoms with Crippen LogP contribution in [0.25, 0.3) is 10.9 Å². The van der Waals surface area contributed by atoms with Crippen molar-refractivity contribution >= 4 is 23.3 Å². The van der Waals surface area contributed by atoms with Crippen LogP contribution in [0.1, 0.15) is 24.4 Å². The van der Waals surface area contributed by atoms with E-state index in [0.717, 1.165) is 13.1 Å². The molecule has 17 heavy (non-hydrogen) atoms. The van der Waals surface area contributed by atoms with Gasteiger partial charge in [0.25, 0.3) is 0 Å². The topological polar surface area (TPSA) is 29.9 Å². The highest BCUT2D eigenvalue weighted by atomic mass is 35.5. The van der Waals surface area contributed by atoms with Crippen LogP contribution in [-0.2, 0) is 0 Å². The maximum absolute atomic E-state index is 4.55. The van der Waals surface area contributed by atoms with Crippen LogP contribution in [0, 0.1) is 6.92 Å². The number of aromatic nitrogens is 2. The fourth-order valence-corrected chi connectivity index (χ4v) is 2.51. The molecule has 2 aromatic rings. The fraction of sp³-hybridized carbons (Fsp3) is 0.462. The van der Waals surface area contributed by atoms with Crippen LogP contribution in [0.4, 0.5) is 0 Å². The van der Waals surface area contributed by atoms with E-state index in [2.05, 4.69) is 40.2 Å².